The highest BCUT2D eigenvalue weighted by atomic mass is 32.2. The van der Waals surface area contributed by atoms with Crippen LogP contribution < -0.4 is 0 Å². The van der Waals surface area contributed by atoms with Crippen LogP contribution in [-0.2, 0) is 10.1 Å². The highest BCUT2D eigenvalue weighted by Crippen LogP contribution is 2.74. The number of rotatable bonds is 2. The van der Waals surface area contributed by atoms with Crippen LogP contribution in [0.1, 0.15) is 0 Å². The SMILES string of the molecule is O=S(=O)(O)C1(F)C(F)(F)C(F)(F)C(F)(C(F)(F)C(F)(F)F)C(F)(F)C1(F)F. The molecule has 0 aromatic rings. The largest absolute Gasteiger partial charge is 0.457 e. The molecule has 0 aliphatic heterocycles. The van der Waals surface area contributed by atoms with Gasteiger partial charge >= 0.3 is 56.6 Å². The number of halogens is 15. The van der Waals surface area contributed by atoms with Gasteiger partial charge in [0.05, 0.1) is 0 Å². The molecular weight excluding hydrogens is 461 g/mol. The van der Waals surface area contributed by atoms with E-state index in [0.717, 1.165) is 0 Å². The Morgan fingerprint density at radius 3 is 1.04 bits per heavy atom. The first-order chi connectivity index (χ1) is 11.2. The van der Waals surface area contributed by atoms with Gasteiger partial charge in [0.15, 0.2) is 0 Å². The molecule has 1 rings (SSSR count). The normalized spacial score (nSPS) is 35.7. The third-order valence-corrected chi connectivity index (χ3v) is 4.83. The Bertz CT molecular complexity index is 707. The first-order valence-electron chi connectivity index (χ1n) is 5.55. The van der Waals surface area contributed by atoms with Crippen LogP contribution >= 0.6 is 0 Å². The van der Waals surface area contributed by atoms with E-state index < -0.39 is 56.6 Å². The number of alkyl halides is 15. The molecule has 0 bridgehead atoms. The molecular formula is C8HF15O3S. The number of hydrogen-bond acceptors (Lipinski definition) is 2. The van der Waals surface area contributed by atoms with E-state index in [2.05, 4.69) is 0 Å². The van der Waals surface area contributed by atoms with Crippen molar-refractivity contribution >= 4 is 10.1 Å². The summed E-state index contributed by atoms with van der Waals surface area (Å²) in [6.45, 7) is 0. The van der Waals surface area contributed by atoms with Gasteiger partial charge < -0.3 is 0 Å². The van der Waals surface area contributed by atoms with Crippen molar-refractivity contribution < 1.29 is 78.8 Å². The summed E-state index contributed by atoms with van der Waals surface area (Å²) in [5.41, 5.74) is -8.60. The van der Waals surface area contributed by atoms with Gasteiger partial charge in [-0.15, -0.1) is 0 Å². The quantitative estimate of drug-likeness (QED) is 0.499. The van der Waals surface area contributed by atoms with Crippen LogP contribution in [0.5, 0.6) is 0 Å². The van der Waals surface area contributed by atoms with Gasteiger partial charge in [0, 0.05) is 0 Å². The Kier molecular flexibility index (Phi) is 4.48. The second-order valence-electron chi connectivity index (χ2n) is 5.10. The van der Waals surface area contributed by atoms with Crippen LogP contribution in [0.25, 0.3) is 0 Å². The molecule has 1 saturated carbocycles. The van der Waals surface area contributed by atoms with Crippen molar-refractivity contribution in [2.75, 3.05) is 0 Å². The summed E-state index contributed by atoms with van der Waals surface area (Å²) >= 11 is 0. The fraction of sp³-hybridized carbons (Fsp3) is 1.00. The van der Waals surface area contributed by atoms with Crippen LogP contribution in [0.2, 0.25) is 0 Å². The molecule has 0 aromatic carbocycles. The molecule has 0 heterocycles. The molecule has 162 valence electrons. The smallest absolute Gasteiger partial charge is 0.283 e. The molecule has 27 heavy (non-hydrogen) atoms. The predicted molar refractivity (Wildman–Crippen MR) is 50.0 cm³/mol. The van der Waals surface area contributed by atoms with E-state index in [1.165, 1.54) is 0 Å². The summed E-state index contributed by atoms with van der Waals surface area (Å²) in [4.78, 5) is 0. The fourth-order valence-electron chi connectivity index (χ4n) is 2.14. The van der Waals surface area contributed by atoms with E-state index in [-0.39, 0.29) is 0 Å². The van der Waals surface area contributed by atoms with E-state index >= 15 is 0 Å². The van der Waals surface area contributed by atoms with Crippen molar-refractivity contribution in [3.8, 4) is 0 Å². The molecule has 0 spiro atoms. The molecule has 0 atom stereocenters. The van der Waals surface area contributed by atoms with Gasteiger partial charge in [0.25, 0.3) is 0 Å². The van der Waals surface area contributed by atoms with Gasteiger partial charge in [-0.05, 0) is 0 Å². The van der Waals surface area contributed by atoms with E-state index in [1.54, 1.807) is 0 Å². The lowest BCUT2D eigenvalue weighted by molar-refractivity contribution is -0.493. The van der Waals surface area contributed by atoms with Crippen LogP contribution in [0, 0.1) is 0 Å². The van der Waals surface area contributed by atoms with Gasteiger partial charge in [-0.3, -0.25) is 4.55 Å². The minimum atomic E-state index is -8.60. The fourth-order valence-corrected chi connectivity index (χ4v) is 3.05. The van der Waals surface area contributed by atoms with Crippen molar-refractivity contribution in [2.24, 2.45) is 0 Å². The average Bonchev–Trinajstić information content (AvgIpc) is 2.40. The summed E-state index contributed by atoms with van der Waals surface area (Å²) in [5.74, 6) is -41.9. The maximum absolute atomic E-state index is 13.8. The number of hydrogen-bond donors (Lipinski definition) is 1. The van der Waals surface area contributed by atoms with E-state index in [9.17, 15) is 74.3 Å². The molecule has 1 aliphatic rings. The van der Waals surface area contributed by atoms with Gasteiger partial charge in [0.1, 0.15) is 0 Å². The van der Waals surface area contributed by atoms with Crippen LogP contribution in [0.4, 0.5) is 65.9 Å². The Morgan fingerprint density at radius 2 is 0.852 bits per heavy atom. The first kappa shape index (κ1) is 23.9. The van der Waals surface area contributed by atoms with Crippen molar-refractivity contribution in [1.29, 1.82) is 0 Å². The zero-order valence-corrected chi connectivity index (χ0v) is 12.2. The van der Waals surface area contributed by atoms with Gasteiger partial charge in [-0.25, -0.2) is 8.78 Å². The molecule has 1 aliphatic carbocycles. The molecule has 3 nitrogen and oxygen atoms in total. The van der Waals surface area contributed by atoms with Gasteiger partial charge in [0.2, 0.25) is 0 Å². The molecule has 0 radical (unpaired) electrons. The van der Waals surface area contributed by atoms with Crippen LogP contribution in [-0.4, -0.2) is 59.4 Å². The summed E-state index contributed by atoms with van der Waals surface area (Å²) in [6, 6.07) is 0. The van der Waals surface area contributed by atoms with Gasteiger partial charge in [-0.2, -0.15) is 65.5 Å². The first-order valence-corrected chi connectivity index (χ1v) is 6.99. The molecule has 0 amide bonds. The van der Waals surface area contributed by atoms with Crippen molar-refractivity contribution in [1.82, 2.24) is 0 Å². The van der Waals surface area contributed by atoms with E-state index in [4.69, 9.17) is 4.55 Å². The third-order valence-electron chi connectivity index (χ3n) is 3.61. The highest BCUT2D eigenvalue weighted by Gasteiger charge is 3.08. The van der Waals surface area contributed by atoms with Crippen LogP contribution in [0.15, 0.2) is 0 Å². The van der Waals surface area contributed by atoms with Crippen molar-refractivity contribution in [2.45, 2.75) is 46.5 Å². The molecule has 19 heteroatoms. The Balaban J connectivity index is 4.26. The minimum Gasteiger partial charge on any atom is -0.283 e. The topological polar surface area (TPSA) is 54.4 Å². The van der Waals surface area contributed by atoms with Crippen LogP contribution in [0.3, 0.4) is 0 Å². The molecule has 0 saturated heterocycles. The summed E-state index contributed by atoms with van der Waals surface area (Å²) < 4.78 is 225. The maximum Gasteiger partial charge on any atom is 0.457 e. The lowest BCUT2D eigenvalue weighted by Gasteiger charge is -2.55. The van der Waals surface area contributed by atoms with E-state index in [1.807, 2.05) is 0 Å². The summed E-state index contributed by atoms with van der Waals surface area (Å²) in [5, 5.41) is -7.91. The maximum atomic E-state index is 13.8. The molecule has 1 N–H and O–H groups in total. The third kappa shape index (κ3) is 2.04. The molecule has 1 fully saturated rings. The zero-order valence-electron chi connectivity index (χ0n) is 11.3. The van der Waals surface area contributed by atoms with E-state index in [0.29, 0.717) is 0 Å². The Hall–Kier alpha value is -1.14. The Labute approximate surface area is 136 Å². The summed E-state index contributed by atoms with van der Waals surface area (Å²) in [7, 11) is -8.13. The minimum absolute atomic E-state index is 7.91. The summed E-state index contributed by atoms with van der Waals surface area (Å²) in [6.07, 6.45) is -7.95. The standard InChI is InChI=1S/C8HF15O3S/c9-1(4(14,15)8(21,22)23)2(10,11)5(16,17)7(20,27(24,25)26)6(18,19)3(1,12)13/h(H,24,25,26). The highest BCUT2D eigenvalue weighted by molar-refractivity contribution is 7.87. The second kappa shape index (κ2) is 5.07. The lowest BCUT2D eigenvalue weighted by Crippen LogP contribution is -2.90. The van der Waals surface area contributed by atoms with Crippen molar-refractivity contribution in [3.63, 3.8) is 0 Å². The second-order valence-corrected chi connectivity index (χ2v) is 6.61. The lowest BCUT2D eigenvalue weighted by atomic mass is 9.69. The monoisotopic (exact) mass is 462 g/mol. The average molecular weight is 462 g/mol. The molecule has 0 aromatic heterocycles. The van der Waals surface area contributed by atoms with Crippen molar-refractivity contribution in [3.05, 3.63) is 0 Å². The predicted octanol–water partition coefficient (Wildman–Crippen LogP) is 4.00. The zero-order chi connectivity index (χ0) is 22.5. The Morgan fingerprint density at radius 1 is 0.593 bits per heavy atom. The van der Waals surface area contributed by atoms with Gasteiger partial charge in [-0.1, -0.05) is 0 Å². The molecule has 0 unspecified atom stereocenters.